The van der Waals surface area contributed by atoms with Crippen LogP contribution in [0.4, 0.5) is 0 Å². The number of carboxylic acid groups (broad SMARTS) is 1. The summed E-state index contributed by atoms with van der Waals surface area (Å²) in [6.45, 7) is 1.56. The van der Waals surface area contributed by atoms with E-state index in [1.165, 1.54) is 0 Å². The van der Waals surface area contributed by atoms with Gasteiger partial charge in [-0.15, -0.1) is 0 Å². The van der Waals surface area contributed by atoms with Crippen molar-refractivity contribution < 1.29 is 24.2 Å². The molecule has 0 aliphatic carbocycles. The van der Waals surface area contributed by atoms with E-state index >= 15 is 0 Å². The second-order valence-electron chi connectivity index (χ2n) is 3.22. The lowest BCUT2D eigenvalue weighted by molar-refractivity contribution is -0.147. The number of hydrogen-bond acceptors (Lipinski definition) is 4. The lowest BCUT2D eigenvalue weighted by Gasteiger charge is -2.21. The number of amides is 1. The number of hydrogen-bond donors (Lipinski definition) is 2. The van der Waals surface area contributed by atoms with Gasteiger partial charge in [-0.3, -0.25) is 9.59 Å². The third-order valence-electron chi connectivity index (χ3n) is 1.98. The van der Waals surface area contributed by atoms with Crippen molar-refractivity contribution in [3.05, 3.63) is 0 Å². The predicted octanol–water partition coefficient (Wildman–Crippen LogP) is -0.617. The Morgan fingerprint density at radius 2 is 2.20 bits per heavy atom. The van der Waals surface area contributed by atoms with Crippen molar-refractivity contribution in [3.8, 4) is 0 Å². The fourth-order valence-corrected chi connectivity index (χ4v) is 1.20. The molecule has 0 aromatic carbocycles. The Kier molecular flexibility index (Phi) is 5.06. The number of carbonyl (C=O) groups is 2. The summed E-state index contributed by atoms with van der Waals surface area (Å²) in [5, 5.41) is 11.0. The second-order valence-corrected chi connectivity index (χ2v) is 3.22. The molecule has 0 aromatic heterocycles. The van der Waals surface area contributed by atoms with Gasteiger partial charge in [0.2, 0.25) is 0 Å². The molecule has 0 aromatic rings. The van der Waals surface area contributed by atoms with Crippen LogP contribution in [-0.4, -0.2) is 49.5 Å². The van der Waals surface area contributed by atoms with Crippen molar-refractivity contribution in [1.29, 1.82) is 0 Å². The van der Waals surface area contributed by atoms with Crippen LogP contribution in [-0.2, 0) is 19.1 Å². The van der Waals surface area contributed by atoms with Gasteiger partial charge in [0.05, 0.1) is 19.8 Å². The highest BCUT2D eigenvalue weighted by Gasteiger charge is 2.21. The highest BCUT2D eigenvalue weighted by Crippen LogP contribution is 2.00. The fraction of sp³-hybridized carbons (Fsp3) is 0.778. The Morgan fingerprint density at radius 1 is 1.40 bits per heavy atom. The van der Waals surface area contributed by atoms with Gasteiger partial charge in [-0.1, -0.05) is 0 Å². The van der Waals surface area contributed by atoms with Gasteiger partial charge in [0, 0.05) is 13.0 Å². The van der Waals surface area contributed by atoms with Gasteiger partial charge in [0.15, 0.2) is 6.10 Å². The topological polar surface area (TPSA) is 84.9 Å². The van der Waals surface area contributed by atoms with Crippen molar-refractivity contribution in [2.45, 2.75) is 18.9 Å². The second kappa shape index (κ2) is 6.36. The zero-order valence-corrected chi connectivity index (χ0v) is 8.40. The molecule has 0 radical (unpaired) electrons. The first kappa shape index (κ1) is 11.9. The zero-order chi connectivity index (χ0) is 11.1. The van der Waals surface area contributed by atoms with Crippen LogP contribution in [0.3, 0.4) is 0 Å². The molecule has 0 bridgehead atoms. The summed E-state index contributed by atoms with van der Waals surface area (Å²) in [5.41, 5.74) is 0. The Hall–Kier alpha value is -1.14. The summed E-state index contributed by atoms with van der Waals surface area (Å²) in [5.74, 6) is -1.10. The number of rotatable bonds is 5. The van der Waals surface area contributed by atoms with Crippen LogP contribution in [0, 0.1) is 0 Å². The zero-order valence-electron chi connectivity index (χ0n) is 8.40. The Labute approximate surface area is 87.5 Å². The van der Waals surface area contributed by atoms with E-state index in [1.54, 1.807) is 0 Å². The van der Waals surface area contributed by atoms with Gasteiger partial charge in [-0.05, 0) is 6.42 Å². The largest absolute Gasteiger partial charge is 0.481 e. The van der Waals surface area contributed by atoms with Gasteiger partial charge in [-0.25, -0.2) is 0 Å². The van der Waals surface area contributed by atoms with Crippen molar-refractivity contribution in [1.82, 2.24) is 5.32 Å². The summed E-state index contributed by atoms with van der Waals surface area (Å²) in [6.07, 6.45) is -0.0692. The first-order valence-electron chi connectivity index (χ1n) is 4.89. The molecule has 1 amide bonds. The van der Waals surface area contributed by atoms with Gasteiger partial charge in [-0.2, -0.15) is 0 Å². The van der Waals surface area contributed by atoms with Crippen LogP contribution in [0.1, 0.15) is 12.8 Å². The Bertz CT molecular complexity index is 225. The molecule has 1 fully saturated rings. The number of carbonyl (C=O) groups excluding carboxylic acids is 1. The normalized spacial score (nSPS) is 20.9. The summed E-state index contributed by atoms with van der Waals surface area (Å²) >= 11 is 0. The molecule has 6 heteroatoms. The van der Waals surface area contributed by atoms with E-state index in [-0.39, 0.29) is 18.9 Å². The van der Waals surface area contributed by atoms with Gasteiger partial charge < -0.3 is 19.9 Å². The highest BCUT2D eigenvalue weighted by molar-refractivity contribution is 5.81. The predicted molar refractivity (Wildman–Crippen MR) is 50.4 cm³/mol. The SMILES string of the molecule is O=C(O)CCCNC(=O)C1COCCO1. The third kappa shape index (κ3) is 4.75. The van der Waals surface area contributed by atoms with E-state index in [0.717, 1.165) is 0 Å². The molecule has 15 heavy (non-hydrogen) atoms. The molecule has 1 atom stereocenters. The number of carboxylic acids is 1. The molecule has 86 valence electrons. The first-order valence-corrected chi connectivity index (χ1v) is 4.89. The smallest absolute Gasteiger partial charge is 0.303 e. The minimum absolute atomic E-state index is 0.0578. The summed E-state index contributed by atoms with van der Waals surface area (Å²) < 4.78 is 10.2. The molecular formula is C9H15NO5. The van der Waals surface area contributed by atoms with E-state index in [2.05, 4.69) is 5.32 Å². The molecule has 2 N–H and O–H groups in total. The molecule has 1 saturated heterocycles. The van der Waals surface area contributed by atoms with Crippen LogP contribution in [0.15, 0.2) is 0 Å². The standard InChI is InChI=1S/C9H15NO5/c11-8(12)2-1-3-10-9(13)7-6-14-4-5-15-7/h7H,1-6H2,(H,10,13)(H,11,12). The average Bonchev–Trinajstić information content (AvgIpc) is 2.25. The van der Waals surface area contributed by atoms with Crippen LogP contribution in [0.2, 0.25) is 0 Å². The third-order valence-corrected chi connectivity index (χ3v) is 1.98. The number of nitrogens with one attached hydrogen (secondary N) is 1. The molecule has 1 heterocycles. The average molecular weight is 217 g/mol. The van der Waals surface area contributed by atoms with E-state index in [4.69, 9.17) is 14.6 Å². The molecule has 1 aliphatic rings. The minimum Gasteiger partial charge on any atom is -0.481 e. The van der Waals surface area contributed by atoms with Crippen molar-refractivity contribution >= 4 is 11.9 Å². The quantitative estimate of drug-likeness (QED) is 0.600. The lowest BCUT2D eigenvalue weighted by atomic mass is 10.3. The molecule has 0 spiro atoms. The van der Waals surface area contributed by atoms with Gasteiger partial charge in [0.1, 0.15) is 0 Å². The van der Waals surface area contributed by atoms with Crippen molar-refractivity contribution in [3.63, 3.8) is 0 Å². The monoisotopic (exact) mass is 217 g/mol. The summed E-state index contributed by atoms with van der Waals surface area (Å²) in [7, 11) is 0. The number of aliphatic carboxylic acids is 1. The van der Waals surface area contributed by atoms with Crippen LogP contribution in [0.5, 0.6) is 0 Å². The molecule has 1 rings (SSSR count). The Morgan fingerprint density at radius 3 is 2.80 bits per heavy atom. The lowest BCUT2D eigenvalue weighted by Crippen LogP contribution is -2.43. The van der Waals surface area contributed by atoms with Crippen LogP contribution < -0.4 is 5.32 Å². The number of ether oxygens (including phenoxy) is 2. The van der Waals surface area contributed by atoms with Gasteiger partial charge >= 0.3 is 5.97 Å². The molecule has 0 saturated carbocycles. The Balaban J connectivity index is 2.09. The van der Waals surface area contributed by atoms with Crippen LogP contribution in [0.25, 0.3) is 0 Å². The van der Waals surface area contributed by atoms with Crippen molar-refractivity contribution in [2.24, 2.45) is 0 Å². The fourth-order valence-electron chi connectivity index (χ4n) is 1.20. The van der Waals surface area contributed by atoms with Crippen molar-refractivity contribution in [2.75, 3.05) is 26.4 Å². The van der Waals surface area contributed by atoms with E-state index in [9.17, 15) is 9.59 Å². The highest BCUT2D eigenvalue weighted by atomic mass is 16.6. The van der Waals surface area contributed by atoms with E-state index in [0.29, 0.717) is 26.2 Å². The first-order chi connectivity index (χ1) is 7.20. The summed E-state index contributed by atoms with van der Waals surface area (Å²) in [6, 6.07) is 0. The minimum atomic E-state index is -0.860. The maximum absolute atomic E-state index is 11.4. The molecular weight excluding hydrogens is 202 g/mol. The van der Waals surface area contributed by atoms with E-state index in [1.807, 2.05) is 0 Å². The molecule has 1 aliphatic heterocycles. The van der Waals surface area contributed by atoms with E-state index < -0.39 is 12.1 Å². The van der Waals surface area contributed by atoms with Crippen LogP contribution >= 0.6 is 0 Å². The van der Waals surface area contributed by atoms with Gasteiger partial charge in [0.25, 0.3) is 5.91 Å². The maximum Gasteiger partial charge on any atom is 0.303 e. The molecule has 6 nitrogen and oxygen atoms in total. The molecule has 1 unspecified atom stereocenters. The summed E-state index contributed by atoms with van der Waals surface area (Å²) in [4.78, 5) is 21.6. The maximum atomic E-state index is 11.4.